The molecule has 1 atom stereocenters. The van der Waals surface area contributed by atoms with Crippen molar-refractivity contribution in [1.82, 2.24) is 4.72 Å². The minimum Gasteiger partial charge on any atom is -0.497 e. The van der Waals surface area contributed by atoms with Crippen molar-refractivity contribution in [1.29, 1.82) is 0 Å². The molecule has 1 unspecified atom stereocenters. The molecule has 8 nitrogen and oxygen atoms in total. The van der Waals surface area contributed by atoms with Gasteiger partial charge in [-0.25, -0.2) is 26.4 Å². The van der Waals surface area contributed by atoms with Crippen molar-refractivity contribution in [2.75, 3.05) is 18.6 Å². The second-order valence-electron chi connectivity index (χ2n) is 6.31. The first-order valence-electron chi connectivity index (χ1n) is 8.37. The van der Waals surface area contributed by atoms with Gasteiger partial charge in [-0.2, -0.15) is 0 Å². The van der Waals surface area contributed by atoms with E-state index < -0.39 is 31.9 Å². The van der Waals surface area contributed by atoms with Crippen LogP contribution in [0, 0.1) is 0 Å². The zero-order valence-corrected chi connectivity index (χ0v) is 16.6. The number of hydrogen-bond donors (Lipinski definition) is 1. The van der Waals surface area contributed by atoms with Crippen LogP contribution in [-0.2, 0) is 19.9 Å². The predicted octanol–water partition coefficient (Wildman–Crippen LogP) is 1.38. The SMILES string of the molecule is COc1ccc(OC(=O)c2cccc(S(=O)(=O)NC3CCS(=O)(=O)C3)c2)cc1. The van der Waals surface area contributed by atoms with E-state index in [-0.39, 0.29) is 34.1 Å². The molecule has 1 aliphatic heterocycles. The summed E-state index contributed by atoms with van der Waals surface area (Å²) in [4.78, 5) is 12.2. The molecule has 28 heavy (non-hydrogen) atoms. The highest BCUT2D eigenvalue weighted by atomic mass is 32.2. The van der Waals surface area contributed by atoms with E-state index in [1.807, 2.05) is 0 Å². The first-order chi connectivity index (χ1) is 13.2. The molecule has 0 radical (unpaired) electrons. The number of sulfone groups is 1. The number of methoxy groups -OCH3 is 1. The van der Waals surface area contributed by atoms with E-state index in [9.17, 15) is 21.6 Å². The number of sulfonamides is 1. The van der Waals surface area contributed by atoms with Gasteiger partial charge in [-0.15, -0.1) is 0 Å². The lowest BCUT2D eigenvalue weighted by Gasteiger charge is -2.12. The van der Waals surface area contributed by atoms with Gasteiger partial charge in [0.2, 0.25) is 10.0 Å². The van der Waals surface area contributed by atoms with Gasteiger partial charge in [0, 0.05) is 6.04 Å². The maximum Gasteiger partial charge on any atom is 0.343 e. The van der Waals surface area contributed by atoms with Crippen molar-refractivity contribution in [3.8, 4) is 11.5 Å². The van der Waals surface area contributed by atoms with Gasteiger partial charge in [0.25, 0.3) is 0 Å². The summed E-state index contributed by atoms with van der Waals surface area (Å²) >= 11 is 0. The summed E-state index contributed by atoms with van der Waals surface area (Å²) < 4.78 is 60.7. The fraction of sp³-hybridized carbons (Fsp3) is 0.278. The molecule has 1 fully saturated rings. The average molecular weight is 425 g/mol. The van der Waals surface area contributed by atoms with Gasteiger partial charge in [0.1, 0.15) is 11.5 Å². The Morgan fingerprint density at radius 1 is 1.11 bits per heavy atom. The number of esters is 1. The molecule has 1 heterocycles. The molecule has 150 valence electrons. The van der Waals surface area contributed by atoms with E-state index in [2.05, 4.69) is 4.72 Å². The number of nitrogens with one attached hydrogen (secondary N) is 1. The zero-order valence-electron chi connectivity index (χ0n) is 15.0. The summed E-state index contributed by atoms with van der Waals surface area (Å²) in [5.41, 5.74) is 0.0535. The molecule has 0 spiro atoms. The molecule has 0 aliphatic carbocycles. The first kappa shape index (κ1) is 20.3. The number of carbonyl (C=O) groups excluding carboxylic acids is 1. The smallest absolute Gasteiger partial charge is 0.343 e. The van der Waals surface area contributed by atoms with Crippen molar-refractivity contribution >= 4 is 25.8 Å². The molecule has 1 saturated heterocycles. The van der Waals surface area contributed by atoms with E-state index in [4.69, 9.17) is 9.47 Å². The standard InChI is InChI=1S/C18H19NO7S2/c1-25-15-5-7-16(8-6-15)26-18(20)13-3-2-4-17(11-13)28(23,24)19-14-9-10-27(21,22)12-14/h2-8,11,14,19H,9-10,12H2,1H3. The summed E-state index contributed by atoms with van der Waals surface area (Å²) in [6, 6.07) is 11.1. The number of benzene rings is 2. The molecule has 2 aromatic rings. The monoisotopic (exact) mass is 425 g/mol. The van der Waals surface area contributed by atoms with E-state index in [0.717, 1.165) is 0 Å². The maximum atomic E-state index is 12.5. The lowest BCUT2D eigenvalue weighted by molar-refractivity contribution is 0.0734. The van der Waals surface area contributed by atoms with Crippen LogP contribution in [-0.4, -0.2) is 47.5 Å². The van der Waals surface area contributed by atoms with Crippen LogP contribution in [0.1, 0.15) is 16.8 Å². The minimum absolute atomic E-state index is 0.0472. The van der Waals surface area contributed by atoms with Crippen molar-refractivity contribution in [2.45, 2.75) is 17.4 Å². The molecule has 0 bridgehead atoms. The van der Waals surface area contributed by atoms with Crippen molar-refractivity contribution in [3.63, 3.8) is 0 Å². The second kappa shape index (κ2) is 7.90. The first-order valence-corrected chi connectivity index (χ1v) is 11.7. The van der Waals surface area contributed by atoms with E-state index in [1.165, 1.54) is 31.4 Å². The van der Waals surface area contributed by atoms with Gasteiger partial charge in [0.05, 0.1) is 29.1 Å². The van der Waals surface area contributed by atoms with Gasteiger partial charge in [-0.1, -0.05) is 6.07 Å². The summed E-state index contributed by atoms with van der Waals surface area (Å²) in [5, 5.41) is 0. The number of carbonyl (C=O) groups is 1. The third-order valence-electron chi connectivity index (χ3n) is 4.20. The van der Waals surface area contributed by atoms with Crippen LogP contribution < -0.4 is 14.2 Å². The molecule has 1 N–H and O–H groups in total. The molecule has 1 aliphatic rings. The average Bonchev–Trinajstić information content (AvgIpc) is 3.00. The van der Waals surface area contributed by atoms with E-state index in [1.54, 1.807) is 24.3 Å². The molecule has 10 heteroatoms. The highest BCUT2D eigenvalue weighted by Crippen LogP contribution is 2.20. The Hall–Kier alpha value is -2.43. The largest absolute Gasteiger partial charge is 0.497 e. The molecule has 0 saturated carbocycles. The molecule has 0 amide bonds. The quantitative estimate of drug-likeness (QED) is 0.549. The van der Waals surface area contributed by atoms with E-state index >= 15 is 0 Å². The van der Waals surface area contributed by atoms with Crippen LogP contribution in [0.25, 0.3) is 0 Å². The topological polar surface area (TPSA) is 116 Å². The Labute approximate surface area is 163 Å². The normalized spacial score (nSPS) is 18.5. The summed E-state index contributed by atoms with van der Waals surface area (Å²) in [7, 11) is -5.68. The number of hydrogen-bond acceptors (Lipinski definition) is 7. The third-order valence-corrected chi connectivity index (χ3v) is 7.49. The Morgan fingerprint density at radius 3 is 2.39 bits per heavy atom. The summed E-state index contributed by atoms with van der Waals surface area (Å²) in [6.45, 7) is 0. The van der Waals surface area contributed by atoms with Crippen molar-refractivity contribution in [2.24, 2.45) is 0 Å². The van der Waals surface area contributed by atoms with Gasteiger partial charge in [-0.05, 0) is 48.9 Å². The van der Waals surface area contributed by atoms with Crippen LogP contribution in [0.3, 0.4) is 0 Å². The van der Waals surface area contributed by atoms with Crippen molar-refractivity contribution < 1.29 is 31.1 Å². The zero-order chi connectivity index (χ0) is 20.4. The minimum atomic E-state index is -3.97. The van der Waals surface area contributed by atoms with Crippen LogP contribution in [0.15, 0.2) is 53.4 Å². The fourth-order valence-electron chi connectivity index (χ4n) is 2.78. The summed E-state index contributed by atoms with van der Waals surface area (Å²) in [5.74, 6) is -0.105. The van der Waals surface area contributed by atoms with Gasteiger partial charge in [0.15, 0.2) is 9.84 Å². The van der Waals surface area contributed by atoms with Crippen molar-refractivity contribution in [3.05, 3.63) is 54.1 Å². The number of rotatable bonds is 6. The Kier molecular flexibility index (Phi) is 5.73. The second-order valence-corrected chi connectivity index (χ2v) is 10.3. The Balaban J connectivity index is 1.74. The molecular weight excluding hydrogens is 406 g/mol. The molecule has 2 aromatic carbocycles. The molecular formula is C18H19NO7S2. The Morgan fingerprint density at radius 2 is 1.79 bits per heavy atom. The third kappa shape index (κ3) is 4.89. The van der Waals surface area contributed by atoms with E-state index in [0.29, 0.717) is 5.75 Å². The highest BCUT2D eigenvalue weighted by molar-refractivity contribution is 7.92. The highest BCUT2D eigenvalue weighted by Gasteiger charge is 2.31. The van der Waals surface area contributed by atoms with Gasteiger partial charge >= 0.3 is 5.97 Å². The maximum absolute atomic E-state index is 12.5. The number of ether oxygens (including phenoxy) is 2. The lowest BCUT2D eigenvalue weighted by atomic mass is 10.2. The molecule has 0 aromatic heterocycles. The Bertz CT molecular complexity index is 1080. The predicted molar refractivity (Wildman–Crippen MR) is 102 cm³/mol. The van der Waals surface area contributed by atoms with Gasteiger partial charge in [-0.3, -0.25) is 0 Å². The lowest BCUT2D eigenvalue weighted by Crippen LogP contribution is -2.35. The van der Waals surface area contributed by atoms with Crippen LogP contribution in [0.2, 0.25) is 0 Å². The van der Waals surface area contributed by atoms with Gasteiger partial charge < -0.3 is 9.47 Å². The fourth-order valence-corrected chi connectivity index (χ4v) is 5.87. The van der Waals surface area contributed by atoms with Crippen LogP contribution in [0.5, 0.6) is 11.5 Å². The molecule has 3 rings (SSSR count). The summed E-state index contributed by atoms with van der Waals surface area (Å²) in [6.07, 6.45) is 0.223. The van der Waals surface area contributed by atoms with Crippen LogP contribution >= 0.6 is 0 Å². The van der Waals surface area contributed by atoms with Crippen LogP contribution in [0.4, 0.5) is 0 Å².